The van der Waals surface area contributed by atoms with Crippen molar-refractivity contribution in [3.63, 3.8) is 0 Å². The lowest BCUT2D eigenvalue weighted by Gasteiger charge is -2.11. The molecule has 0 aromatic carbocycles. The summed E-state index contributed by atoms with van der Waals surface area (Å²) in [5.74, 6) is 1.12. The predicted octanol–water partition coefficient (Wildman–Crippen LogP) is 1.76. The highest BCUT2D eigenvalue weighted by atomic mass is 16.5. The van der Waals surface area contributed by atoms with Gasteiger partial charge in [0.1, 0.15) is 0 Å². The Bertz CT molecular complexity index is 354. The number of rotatable bonds is 6. The van der Waals surface area contributed by atoms with Crippen molar-refractivity contribution in [3.8, 4) is 5.88 Å². The second-order valence-corrected chi connectivity index (χ2v) is 4.40. The minimum Gasteiger partial charge on any atom is -0.475 e. The first-order valence-corrected chi connectivity index (χ1v) is 5.91. The van der Waals surface area contributed by atoms with Crippen LogP contribution in [0.4, 0.5) is 5.95 Å². The summed E-state index contributed by atoms with van der Waals surface area (Å²) in [6.07, 6.45) is 0.436. The van der Waals surface area contributed by atoms with Crippen molar-refractivity contribution in [2.24, 2.45) is 0 Å². The molecule has 0 bridgehead atoms. The minimum atomic E-state index is -0.321. The highest BCUT2D eigenvalue weighted by Gasteiger charge is 2.05. The molecule has 0 saturated heterocycles. The Morgan fingerprint density at radius 3 is 2.65 bits per heavy atom. The summed E-state index contributed by atoms with van der Waals surface area (Å²) in [6.45, 7) is 8.21. The van der Waals surface area contributed by atoms with Crippen LogP contribution >= 0.6 is 0 Å². The van der Waals surface area contributed by atoms with Crippen molar-refractivity contribution in [1.82, 2.24) is 9.97 Å². The largest absolute Gasteiger partial charge is 0.475 e. The van der Waals surface area contributed by atoms with Crippen LogP contribution < -0.4 is 10.1 Å². The van der Waals surface area contributed by atoms with Crippen LogP contribution in [0.25, 0.3) is 0 Å². The van der Waals surface area contributed by atoms with Gasteiger partial charge in [0.2, 0.25) is 11.8 Å². The molecule has 1 aromatic heterocycles. The molecule has 96 valence electrons. The topological polar surface area (TPSA) is 67.3 Å². The van der Waals surface area contributed by atoms with Gasteiger partial charge in [-0.05, 0) is 34.1 Å². The number of hydrogen-bond acceptors (Lipinski definition) is 5. The Kier molecular flexibility index (Phi) is 5.15. The molecule has 0 amide bonds. The summed E-state index contributed by atoms with van der Waals surface area (Å²) in [5, 5.41) is 12.2. The lowest BCUT2D eigenvalue weighted by atomic mass is 10.3. The van der Waals surface area contributed by atoms with Crippen molar-refractivity contribution >= 4 is 5.95 Å². The molecule has 0 aliphatic heterocycles. The number of anilines is 1. The van der Waals surface area contributed by atoms with Crippen LogP contribution in [-0.4, -0.2) is 33.8 Å². The normalized spacial score (nSPS) is 12.6. The molecular weight excluding hydrogens is 218 g/mol. The van der Waals surface area contributed by atoms with Crippen molar-refractivity contribution in [2.75, 3.05) is 11.9 Å². The van der Waals surface area contributed by atoms with Gasteiger partial charge in [-0.25, -0.2) is 4.98 Å². The fraction of sp³-hybridized carbons (Fsp3) is 0.667. The Balaban J connectivity index is 2.62. The van der Waals surface area contributed by atoms with Crippen LogP contribution in [-0.2, 0) is 0 Å². The van der Waals surface area contributed by atoms with E-state index in [1.807, 2.05) is 20.8 Å². The maximum atomic E-state index is 9.15. The van der Waals surface area contributed by atoms with Gasteiger partial charge in [-0.1, -0.05) is 0 Å². The van der Waals surface area contributed by atoms with E-state index in [4.69, 9.17) is 9.84 Å². The Morgan fingerprint density at radius 2 is 2.06 bits per heavy atom. The molecule has 2 N–H and O–H groups in total. The zero-order valence-electron chi connectivity index (χ0n) is 10.9. The van der Waals surface area contributed by atoms with E-state index in [1.54, 1.807) is 13.0 Å². The van der Waals surface area contributed by atoms with Crippen LogP contribution in [0.1, 0.15) is 32.9 Å². The zero-order chi connectivity index (χ0) is 12.8. The summed E-state index contributed by atoms with van der Waals surface area (Å²) in [4.78, 5) is 8.50. The average molecular weight is 239 g/mol. The predicted molar refractivity (Wildman–Crippen MR) is 67.3 cm³/mol. The third-order valence-corrected chi connectivity index (χ3v) is 2.03. The lowest BCUT2D eigenvalue weighted by molar-refractivity contribution is 0.188. The first-order chi connectivity index (χ1) is 7.97. The smallest absolute Gasteiger partial charge is 0.226 e. The number of ether oxygens (including phenoxy) is 1. The molecule has 0 radical (unpaired) electrons. The van der Waals surface area contributed by atoms with E-state index in [2.05, 4.69) is 15.3 Å². The van der Waals surface area contributed by atoms with Crippen LogP contribution in [0, 0.1) is 6.92 Å². The maximum Gasteiger partial charge on any atom is 0.226 e. The third kappa shape index (κ3) is 5.49. The molecule has 1 unspecified atom stereocenters. The lowest BCUT2D eigenvalue weighted by Crippen LogP contribution is -2.13. The molecule has 0 fully saturated rings. The van der Waals surface area contributed by atoms with Gasteiger partial charge in [-0.15, -0.1) is 0 Å². The highest BCUT2D eigenvalue weighted by Crippen LogP contribution is 2.13. The molecule has 0 spiro atoms. The number of hydrogen-bond donors (Lipinski definition) is 2. The van der Waals surface area contributed by atoms with Crippen LogP contribution in [0.3, 0.4) is 0 Å². The van der Waals surface area contributed by atoms with E-state index in [1.165, 1.54) is 0 Å². The van der Waals surface area contributed by atoms with Gasteiger partial charge in [0.05, 0.1) is 12.2 Å². The Morgan fingerprint density at radius 1 is 1.35 bits per heavy atom. The standard InChI is InChI=1S/C12H21N3O2/c1-8(2)17-11-7-9(3)14-12(15-11)13-6-5-10(4)16/h7-8,10,16H,5-6H2,1-4H3,(H,13,14,15). The molecule has 1 heterocycles. The van der Waals surface area contributed by atoms with E-state index in [9.17, 15) is 0 Å². The molecule has 0 saturated carbocycles. The van der Waals surface area contributed by atoms with Crippen LogP contribution in [0.5, 0.6) is 5.88 Å². The average Bonchev–Trinajstić information content (AvgIpc) is 2.14. The first kappa shape index (κ1) is 13.7. The van der Waals surface area contributed by atoms with Crippen molar-refractivity contribution in [3.05, 3.63) is 11.8 Å². The number of aryl methyl sites for hydroxylation is 1. The fourth-order valence-electron chi connectivity index (χ4n) is 1.31. The number of nitrogens with one attached hydrogen (secondary N) is 1. The summed E-state index contributed by atoms with van der Waals surface area (Å²) in [6, 6.07) is 1.81. The second-order valence-electron chi connectivity index (χ2n) is 4.40. The molecule has 0 aliphatic carbocycles. The minimum absolute atomic E-state index is 0.0922. The molecular formula is C12H21N3O2. The summed E-state index contributed by atoms with van der Waals surface area (Å²) in [7, 11) is 0. The number of aliphatic hydroxyl groups excluding tert-OH is 1. The Hall–Kier alpha value is -1.36. The third-order valence-electron chi connectivity index (χ3n) is 2.03. The summed E-state index contributed by atoms with van der Waals surface area (Å²) in [5.41, 5.74) is 0.857. The molecule has 5 heteroatoms. The highest BCUT2D eigenvalue weighted by molar-refractivity contribution is 5.30. The van der Waals surface area contributed by atoms with Gasteiger partial charge in [0.15, 0.2) is 0 Å². The molecule has 1 rings (SSSR count). The quantitative estimate of drug-likeness (QED) is 0.791. The monoisotopic (exact) mass is 239 g/mol. The second kappa shape index (κ2) is 6.39. The van der Waals surface area contributed by atoms with Crippen molar-refractivity contribution in [2.45, 2.75) is 46.3 Å². The van der Waals surface area contributed by atoms with Gasteiger partial charge in [0.25, 0.3) is 0 Å². The van der Waals surface area contributed by atoms with Crippen LogP contribution in [0.2, 0.25) is 0 Å². The molecule has 0 aliphatic rings. The Labute approximate surface area is 102 Å². The number of aliphatic hydroxyl groups is 1. The van der Waals surface area contributed by atoms with E-state index < -0.39 is 0 Å². The maximum absolute atomic E-state index is 9.15. The first-order valence-electron chi connectivity index (χ1n) is 5.91. The summed E-state index contributed by atoms with van der Waals surface area (Å²) < 4.78 is 5.52. The van der Waals surface area contributed by atoms with Crippen molar-refractivity contribution in [1.29, 1.82) is 0 Å². The molecule has 5 nitrogen and oxygen atoms in total. The van der Waals surface area contributed by atoms with Gasteiger partial charge in [0, 0.05) is 18.3 Å². The van der Waals surface area contributed by atoms with E-state index >= 15 is 0 Å². The van der Waals surface area contributed by atoms with Gasteiger partial charge >= 0.3 is 0 Å². The van der Waals surface area contributed by atoms with Gasteiger partial charge in [-0.3, -0.25) is 0 Å². The number of nitrogens with zero attached hydrogens (tertiary/aromatic N) is 2. The molecule has 17 heavy (non-hydrogen) atoms. The van der Waals surface area contributed by atoms with E-state index in [-0.39, 0.29) is 12.2 Å². The SMILES string of the molecule is Cc1cc(OC(C)C)nc(NCCC(C)O)n1. The number of aromatic nitrogens is 2. The zero-order valence-corrected chi connectivity index (χ0v) is 10.9. The van der Waals surface area contributed by atoms with Gasteiger partial charge < -0.3 is 15.2 Å². The van der Waals surface area contributed by atoms with Crippen molar-refractivity contribution < 1.29 is 9.84 Å². The molecule has 1 atom stereocenters. The van der Waals surface area contributed by atoms with E-state index in [0.717, 1.165) is 5.69 Å². The fourth-order valence-corrected chi connectivity index (χ4v) is 1.31. The van der Waals surface area contributed by atoms with Gasteiger partial charge in [-0.2, -0.15) is 4.98 Å². The summed E-state index contributed by atoms with van der Waals surface area (Å²) >= 11 is 0. The van der Waals surface area contributed by atoms with E-state index in [0.29, 0.717) is 24.8 Å². The van der Waals surface area contributed by atoms with Crippen LogP contribution in [0.15, 0.2) is 6.07 Å². The molecule has 1 aromatic rings.